The van der Waals surface area contributed by atoms with Gasteiger partial charge < -0.3 is 0 Å². The van der Waals surface area contributed by atoms with E-state index in [0.717, 1.165) is 17.4 Å². The Morgan fingerprint density at radius 2 is 1.70 bits per heavy atom. The normalized spacial score (nSPS) is 12.8. The van der Waals surface area contributed by atoms with E-state index in [1.54, 1.807) is 0 Å². The van der Waals surface area contributed by atoms with Crippen molar-refractivity contribution in [2.24, 2.45) is 0 Å². The van der Waals surface area contributed by atoms with Gasteiger partial charge in [0, 0.05) is 10.0 Å². The standard InChI is InChI=1S/C19H18BrN2.BrH/c1-14-4-10-17(11-5-14)22-18(13-21-12-2-3-19(21)22)15-6-8-16(20)9-7-15;/h4-11,13H,2-3,12H2,1H3;1H/q+1;. The monoisotopic (exact) mass is 433 g/mol. The van der Waals surface area contributed by atoms with Gasteiger partial charge in [-0.15, -0.1) is 17.0 Å². The average Bonchev–Trinajstić information content (AvgIpc) is 3.10. The van der Waals surface area contributed by atoms with Crippen molar-refractivity contribution in [2.45, 2.75) is 26.3 Å². The average molecular weight is 435 g/mol. The molecule has 0 aliphatic carbocycles. The van der Waals surface area contributed by atoms with Gasteiger partial charge in [-0.3, -0.25) is 0 Å². The van der Waals surface area contributed by atoms with Gasteiger partial charge in [-0.05, 0) is 49.7 Å². The van der Waals surface area contributed by atoms with Crippen molar-refractivity contribution in [1.29, 1.82) is 0 Å². The summed E-state index contributed by atoms with van der Waals surface area (Å²) in [6.07, 6.45) is 4.68. The van der Waals surface area contributed by atoms with Gasteiger partial charge in [-0.2, -0.15) is 4.57 Å². The molecule has 0 atom stereocenters. The molecule has 118 valence electrons. The third kappa shape index (κ3) is 3.02. The van der Waals surface area contributed by atoms with Crippen LogP contribution in [0.15, 0.2) is 59.2 Å². The highest BCUT2D eigenvalue weighted by Crippen LogP contribution is 2.27. The van der Waals surface area contributed by atoms with Crippen molar-refractivity contribution in [2.75, 3.05) is 0 Å². The number of nitrogens with zero attached hydrogens (tertiary/aromatic N) is 2. The highest BCUT2D eigenvalue weighted by molar-refractivity contribution is 9.10. The van der Waals surface area contributed by atoms with E-state index in [0.29, 0.717) is 0 Å². The largest absolute Gasteiger partial charge is 0.262 e. The first-order valence-corrected chi connectivity index (χ1v) is 8.49. The molecular formula is C19H19Br2N2+. The molecule has 0 saturated carbocycles. The number of aryl methyl sites for hydroxylation is 2. The molecule has 1 aliphatic heterocycles. The van der Waals surface area contributed by atoms with Gasteiger partial charge in [0.1, 0.15) is 11.9 Å². The van der Waals surface area contributed by atoms with E-state index in [1.807, 2.05) is 0 Å². The van der Waals surface area contributed by atoms with Gasteiger partial charge >= 0.3 is 0 Å². The molecular weight excluding hydrogens is 416 g/mol. The van der Waals surface area contributed by atoms with Gasteiger partial charge in [0.2, 0.25) is 0 Å². The maximum atomic E-state index is 3.52. The molecule has 0 amide bonds. The van der Waals surface area contributed by atoms with Crippen LogP contribution in [0.1, 0.15) is 17.8 Å². The number of hydrogen-bond acceptors (Lipinski definition) is 0. The van der Waals surface area contributed by atoms with Crippen LogP contribution in [0.5, 0.6) is 0 Å². The first kappa shape index (κ1) is 16.5. The zero-order valence-electron chi connectivity index (χ0n) is 13.0. The van der Waals surface area contributed by atoms with Gasteiger partial charge in [-0.1, -0.05) is 33.6 Å². The summed E-state index contributed by atoms with van der Waals surface area (Å²) < 4.78 is 5.93. The molecule has 0 radical (unpaired) electrons. The molecule has 2 heterocycles. The van der Waals surface area contributed by atoms with Gasteiger partial charge in [0.15, 0.2) is 5.69 Å². The SMILES string of the molecule is Br.Cc1ccc(-n2c(-c3ccc(Br)cc3)c[n+]3c2CCC3)cc1. The second-order valence-electron chi connectivity index (χ2n) is 5.91. The molecule has 0 N–H and O–H groups in total. The quantitative estimate of drug-likeness (QED) is 0.500. The summed E-state index contributed by atoms with van der Waals surface area (Å²) in [5.74, 6) is 1.40. The van der Waals surface area contributed by atoms with Crippen LogP contribution in [0.25, 0.3) is 16.9 Å². The lowest BCUT2D eigenvalue weighted by atomic mass is 10.1. The molecule has 0 bridgehead atoms. The molecule has 1 aromatic heterocycles. The molecule has 0 fully saturated rings. The van der Waals surface area contributed by atoms with E-state index in [2.05, 4.69) is 86.7 Å². The molecule has 2 nitrogen and oxygen atoms in total. The molecule has 23 heavy (non-hydrogen) atoms. The van der Waals surface area contributed by atoms with E-state index >= 15 is 0 Å². The van der Waals surface area contributed by atoms with Crippen LogP contribution < -0.4 is 4.57 Å². The Kier molecular flexibility index (Phi) is 4.74. The van der Waals surface area contributed by atoms with Crippen molar-refractivity contribution in [3.8, 4) is 16.9 Å². The number of fused-ring (bicyclic) bond motifs is 1. The summed E-state index contributed by atoms with van der Waals surface area (Å²) in [6.45, 7) is 3.26. The van der Waals surface area contributed by atoms with Crippen LogP contribution in [-0.4, -0.2) is 4.57 Å². The first-order chi connectivity index (χ1) is 10.7. The van der Waals surface area contributed by atoms with Crippen molar-refractivity contribution < 1.29 is 4.57 Å². The minimum absolute atomic E-state index is 0. The predicted octanol–water partition coefficient (Wildman–Crippen LogP) is 5.03. The van der Waals surface area contributed by atoms with Crippen molar-refractivity contribution in [3.05, 3.63) is 70.6 Å². The predicted molar refractivity (Wildman–Crippen MR) is 102 cm³/mol. The van der Waals surface area contributed by atoms with Crippen LogP contribution in [0, 0.1) is 6.92 Å². The van der Waals surface area contributed by atoms with Crippen LogP contribution in [0.2, 0.25) is 0 Å². The van der Waals surface area contributed by atoms with Crippen LogP contribution in [0.3, 0.4) is 0 Å². The topological polar surface area (TPSA) is 8.81 Å². The van der Waals surface area contributed by atoms with Crippen molar-refractivity contribution in [1.82, 2.24) is 4.57 Å². The molecule has 0 saturated heterocycles. The minimum atomic E-state index is 0. The first-order valence-electron chi connectivity index (χ1n) is 7.69. The number of halogens is 2. The van der Waals surface area contributed by atoms with Crippen LogP contribution in [-0.2, 0) is 13.0 Å². The number of aromatic nitrogens is 2. The molecule has 4 heteroatoms. The fraction of sp³-hybridized carbons (Fsp3) is 0.211. The molecule has 2 aromatic carbocycles. The van der Waals surface area contributed by atoms with Crippen molar-refractivity contribution >= 4 is 32.9 Å². The number of imidazole rings is 1. The van der Waals surface area contributed by atoms with Gasteiger partial charge in [0.05, 0.1) is 13.0 Å². The summed E-state index contributed by atoms with van der Waals surface area (Å²) in [6, 6.07) is 17.4. The minimum Gasteiger partial charge on any atom is -0.233 e. The zero-order valence-corrected chi connectivity index (χ0v) is 16.3. The third-order valence-electron chi connectivity index (χ3n) is 4.34. The molecule has 0 unspecified atom stereocenters. The Bertz CT molecular complexity index is 818. The summed E-state index contributed by atoms with van der Waals surface area (Å²) >= 11 is 3.52. The van der Waals surface area contributed by atoms with E-state index in [-0.39, 0.29) is 17.0 Å². The lowest BCUT2D eigenvalue weighted by Gasteiger charge is -2.05. The van der Waals surface area contributed by atoms with Crippen LogP contribution >= 0.6 is 32.9 Å². The highest BCUT2D eigenvalue weighted by Gasteiger charge is 2.29. The maximum absolute atomic E-state index is 3.52. The number of rotatable bonds is 2. The smallest absolute Gasteiger partial charge is 0.233 e. The molecule has 3 aromatic rings. The van der Waals surface area contributed by atoms with E-state index in [1.165, 1.54) is 34.8 Å². The third-order valence-corrected chi connectivity index (χ3v) is 4.87. The Balaban J connectivity index is 0.00000156. The fourth-order valence-corrected chi connectivity index (χ4v) is 3.47. The summed E-state index contributed by atoms with van der Waals surface area (Å²) in [4.78, 5) is 0. The maximum Gasteiger partial charge on any atom is 0.262 e. The summed E-state index contributed by atoms with van der Waals surface area (Å²) in [7, 11) is 0. The Hall–Kier alpha value is -1.39. The second kappa shape index (κ2) is 6.62. The zero-order chi connectivity index (χ0) is 15.1. The van der Waals surface area contributed by atoms with Crippen LogP contribution in [0.4, 0.5) is 0 Å². The number of hydrogen-bond donors (Lipinski definition) is 0. The van der Waals surface area contributed by atoms with Gasteiger partial charge in [0.25, 0.3) is 5.82 Å². The lowest BCUT2D eigenvalue weighted by Crippen LogP contribution is -2.30. The molecule has 4 rings (SSSR count). The van der Waals surface area contributed by atoms with Gasteiger partial charge in [-0.25, -0.2) is 4.57 Å². The molecule has 0 spiro atoms. The lowest BCUT2D eigenvalue weighted by molar-refractivity contribution is -0.689. The fourth-order valence-electron chi connectivity index (χ4n) is 3.21. The Labute approximate surface area is 155 Å². The Morgan fingerprint density at radius 1 is 1.00 bits per heavy atom. The van der Waals surface area contributed by atoms with E-state index in [9.17, 15) is 0 Å². The Morgan fingerprint density at radius 3 is 2.39 bits per heavy atom. The summed E-state index contributed by atoms with van der Waals surface area (Å²) in [5.41, 5.74) is 5.07. The second-order valence-corrected chi connectivity index (χ2v) is 6.82. The highest BCUT2D eigenvalue weighted by atomic mass is 79.9. The summed E-state index contributed by atoms with van der Waals surface area (Å²) in [5, 5.41) is 0. The van der Waals surface area contributed by atoms with E-state index < -0.39 is 0 Å². The van der Waals surface area contributed by atoms with E-state index in [4.69, 9.17) is 0 Å². The van der Waals surface area contributed by atoms with Crippen molar-refractivity contribution in [3.63, 3.8) is 0 Å². The molecule has 1 aliphatic rings. The number of benzene rings is 2.